The Balaban J connectivity index is 2.32. The van der Waals surface area contributed by atoms with E-state index in [0.29, 0.717) is 16.9 Å². The molecule has 0 saturated heterocycles. The van der Waals surface area contributed by atoms with Crippen molar-refractivity contribution in [3.8, 4) is 0 Å². The Hall–Kier alpha value is -0.850. The van der Waals surface area contributed by atoms with Gasteiger partial charge in [-0.1, -0.05) is 15.9 Å². The minimum atomic E-state index is -0.180. The Labute approximate surface area is 142 Å². The lowest BCUT2D eigenvalue weighted by molar-refractivity contribution is 0.102. The number of anilines is 2. The summed E-state index contributed by atoms with van der Waals surface area (Å²) in [5.41, 5.74) is 8.60. The normalized spacial score (nSPS) is 10.4. The van der Waals surface area contributed by atoms with Crippen LogP contribution in [0.25, 0.3) is 0 Å². The molecule has 3 nitrogen and oxygen atoms in total. The van der Waals surface area contributed by atoms with E-state index in [-0.39, 0.29) is 5.91 Å². The summed E-state index contributed by atoms with van der Waals surface area (Å²) < 4.78 is 2.33. The zero-order valence-electron chi connectivity index (χ0n) is 10.5. The van der Waals surface area contributed by atoms with Crippen molar-refractivity contribution in [1.29, 1.82) is 0 Å². The van der Waals surface area contributed by atoms with Gasteiger partial charge in [0.25, 0.3) is 5.91 Å². The molecule has 2 aromatic carbocycles. The van der Waals surface area contributed by atoms with E-state index < -0.39 is 0 Å². The molecule has 2 aromatic rings. The number of rotatable bonds is 2. The lowest BCUT2D eigenvalue weighted by Gasteiger charge is -2.11. The maximum absolute atomic E-state index is 12.3. The van der Waals surface area contributed by atoms with Crippen LogP contribution in [0.5, 0.6) is 0 Å². The van der Waals surface area contributed by atoms with E-state index in [0.717, 1.165) is 19.0 Å². The molecule has 0 spiro atoms. The van der Waals surface area contributed by atoms with Gasteiger partial charge >= 0.3 is 0 Å². The van der Waals surface area contributed by atoms with Crippen LogP contribution in [-0.2, 0) is 0 Å². The van der Waals surface area contributed by atoms with Crippen molar-refractivity contribution in [2.75, 3.05) is 11.1 Å². The van der Waals surface area contributed by atoms with Crippen molar-refractivity contribution in [3.05, 3.63) is 54.9 Å². The molecule has 0 unspecified atom stereocenters. The van der Waals surface area contributed by atoms with Gasteiger partial charge in [0.15, 0.2) is 0 Å². The van der Waals surface area contributed by atoms with Crippen LogP contribution in [0.2, 0.25) is 0 Å². The van der Waals surface area contributed by atoms with Crippen LogP contribution >= 0.6 is 47.8 Å². The van der Waals surface area contributed by atoms with Crippen molar-refractivity contribution in [1.82, 2.24) is 0 Å². The smallest absolute Gasteiger partial charge is 0.255 e. The molecule has 0 fully saturated rings. The molecule has 0 atom stereocenters. The highest BCUT2D eigenvalue weighted by atomic mass is 79.9. The van der Waals surface area contributed by atoms with Gasteiger partial charge in [-0.3, -0.25) is 4.79 Å². The third-order valence-corrected chi connectivity index (χ3v) is 4.32. The number of hydrogen-bond donors (Lipinski definition) is 2. The van der Waals surface area contributed by atoms with Crippen LogP contribution < -0.4 is 11.1 Å². The number of hydrogen-bond acceptors (Lipinski definition) is 2. The summed E-state index contributed by atoms with van der Waals surface area (Å²) in [6.45, 7) is 1.94. The minimum absolute atomic E-state index is 0.180. The summed E-state index contributed by atoms with van der Waals surface area (Å²) in [6, 6.07) is 9.05. The number of carbonyl (C=O) groups is 1. The fraction of sp³-hybridized carbons (Fsp3) is 0.0714. The summed E-state index contributed by atoms with van der Waals surface area (Å²) in [7, 11) is 0. The predicted octanol–water partition coefficient (Wildman–Crippen LogP) is 5.12. The van der Waals surface area contributed by atoms with Gasteiger partial charge in [-0.15, -0.1) is 0 Å². The number of carbonyl (C=O) groups excluding carboxylic acids is 1. The maximum Gasteiger partial charge on any atom is 0.255 e. The minimum Gasteiger partial charge on any atom is -0.399 e. The average molecular weight is 463 g/mol. The van der Waals surface area contributed by atoms with Gasteiger partial charge < -0.3 is 11.1 Å². The second-order valence-electron chi connectivity index (χ2n) is 4.33. The molecule has 0 saturated carbocycles. The Morgan fingerprint density at radius 2 is 1.65 bits per heavy atom. The van der Waals surface area contributed by atoms with E-state index in [9.17, 15) is 4.79 Å². The van der Waals surface area contributed by atoms with E-state index in [1.165, 1.54) is 0 Å². The first-order chi connectivity index (χ1) is 9.36. The van der Waals surface area contributed by atoms with E-state index in [1.807, 2.05) is 19.1 Å². The molecule has 104 valence electrons. The number of amides is 1. The molecule has 0 aliphatic rings. The maximum atomic E-state index is 12.3. The first-order valence-corrected chi connectivity index (χ1v) is 8.08. The van der Waals surface area contributed by atoms with Gasteiger partial charge in [-0.2, -0.15) is 0 Å². The van der Waals surface area contributed by atoms with Gasteiger partial charge in [0.2, 0.25) is 0 Å². The lowest BCUT2D eigenvalue weighted by atomic mass is 10.1. The van der Waals surface area contributed by atoms with E-state index in [1.54, 1.807) is 18.2 Å². The number of benzene rings is 2. The summed E-state index contributed by atoms with van der Waals surface area (Å²) >= 11 is 10.2. The highest BCUT2D eigenvalue weighted by molar-refractivity contribution is 9.11. The van der Waals surface area contributed by atoms with Crippen molar-refractivity contribution in [2.24, 2.45) is 0 Å². The Morgan fingerprint density at radius 1 is 1.05 bits per heavy atom. The summed E-state index contributed by atoms with van der Waals surface area (Å²) in [5, 5.41) is 2.87. The molecule has 0 aliphatic heterocycles. The van der Waals surface area contributed by atoms with E-state index >= 15 is 0 Å². The van der Waals surface area contributed by atoms with Crippen LogP contribution in [0.15, 0.2) is 43.7 Å². The van der Waals surface area contributed by atoms with Crippen molar-refractivity contribution in [2.45, 2.75) is 6.92 Å². The molecular formula is C14H11Br3N2O. The summed E-state index contributed by atoms with van der Waals surface area (Å²) in [6.07, 6.45) is 0. The van der Waals surface area contributed by atoms with Gasteiger partial charge in [0.1, 0.15) is 0 Å². The van der Waals surface area contributed by atoms with E-state index in [4.69, 9.17) is 5.73 Å². The topological polar surface area (TPSA) is 55.1 Å². The number of nitrogens with two attached hydrogens (primary N) is 1. The number of halogens is 3. The third-order valence-electron chi connectivity index (χ3n) is 2.61. The molecule has 0 aromatic heterocycles. The number of nitrogens with one attached hydrogen (secondary N) is 1. The highest BCUT2D eigenvalue weighted by Crippen LogP contribution is 2.33. The Bertz CT molecular complexity index is 643. The molecule has 20 heavy (non-hydrogen) atoms. The summed E-state index contributed by atoms with van der Waals surface area (Å²) in [4.78, 5) is 12.3. The molecule has 1 amide bonds. The first-order valence-electron chi connectivity index (χ1n) is 5.70. The lowest BCUT2D eigenvalue weighted by Crippen LogP contribution is -2.13. The second kappa shape index (κ2) is 6.28. The predicted molar refractivity (Wildman–Crippen MR) is 93.1 cm³/mol. The fourth-order valence-corrected chi connectivity index (χ4v) is 3.79. The van der Waals surface area contributed by atoms with Crippen LogP contribution in [0.4, 0.5) is 11.4 Å². The van der Waals surface area contributed by atoms with Crippen molar-refractivity contribution < 1.29 is 4.79 Å². The highest BCUT2D eigenvalue weighted by Gasteiger charge is 2.12. The number of aryl methyl sites for hydroxylation is 1. The fourth-order valence-electron chi connectivity index (χ4n) is 1.77. The van der Waals surface area contributed by atoms with Gasteiger partial charge in [-0.25, -0.2) is 0 Å². The molecular weight excluding hydrogens is 452 g/mol. The third kappa shape index (κ3) is 3.62. The molecule has 0 heterocycles. The Kier molecular flexibility index (Phi) is 4.88. The number of nitrogen functional groups attached to an aromatic ring is 1. The summed E-state index contributed by atoms with van der Waals surface area (Å²) in [5.74, 6) is -0.180. The average Bonchev–Trinajstić information content (AvgIpc) is 2.32. The van der Waals surface area contributed by atoms with Gasteiger partial charge in [0, 0.05) is 24.7 Å². The van der Waals surface area contributed by atoms with Crippen LogP contribution in [0.3, 0.4) is 0 Å². The zero-order valence-corrected chi connectivity index (χ0v) is 15.3. The second-order valence-corrected chi connectivity index (χ2v) is 6.96. The van der Waals surface area contributed by atoms with Crippen molar-refractivity contribution >= 4 is 65.1 Å². The standard InChI is InChI=1S/C14H11Br3N2O/c1-7-2-8(4-9(15)3-7)14(20)19-13-11(16)5-10(18)6-12(13)17/h2-6H,18H2,1H3,(H,19,20). The largest absolute Gasteiger partial charge is 0.399 e. The molecule has 0 radical (unpaired) electrons. The zero-order chi connectivity index (χ0) is 14.9. The monoisotopic (exact) mass is 460 g/mol. The van der Waals surface area contributed by atoms with E-state index in [2.05, 4.69) is 53.1 Å². The quantitative estimate of drug-likeness (QED) is 0.609. The molecule has 2 rings (SSSR count). The SMILES string of the molecule is Cc1cc(Br)cc(C(=O)Nc2c(Br)cc(N)cc2Br)c1. The molecule has 6 heteroatoms. The Morgan fingerprint density at radius 3 is 2.20 bits per heavy atom. The van der Waals surface area contributed by atoms with Crippen LogP contribution in [-0.4, -0.2) is 5.91 Å². The van der Waals surface area contributed by atoms with Crippen LogP contribution in [0.1, 0.15) is 15.9 Å². The molecule has 0 aliphatic carbocycles. The van der Waals surface area contributed by atoms with Gasteiger partial charge in [0.05, 0.1) is 5.69 Å². The first kappa shape index (κ1) is 15.5. The molecule has 0 bridgehead atoms. The van der Waals surface area contributed by atoms with Gasteiger partial charge in [-0.05, 0) is 74.7 Å². The van der Waals surface area contributed by atoms with Crippen molar-refractivity contribution in [3.63, 3.8) is 0 Å². The molecule has 3 N–H and O–H groups in total. The van der Waals surface area contributed by atoms with Crippen LogP contribution in [0, 0.1) is 6.92 Å².